The number of piperidine rings is 2. The Morgan fingerprint density at radius 3 is 1.30 bits per heavy atom. The summed E-state index contributed by atoms with van der Waals surface area (Å²) in [6.07, 6.45) is -3.25. The molecule has 1 aromatic rings. The van der Waals surface area contributed by atoms with Crippen molar-refractivity contribution >= 4 is 60.7 Å². The van der Waals surface area contributed by atoms with E-state index in [2.05, 4.69) is 11.9 Å². The maximum absolute atomic E-state index is 13.6. The maximum Gasteiger partial charge on any atom is 0.471 e. The minimum absolute atomic E-state index is 0.0639. The van der Waals surface area contributed by atoms with Gasteiger partial charge in [0.25, 0.3) is 0 Å². The Labute approximate surface area is 478 Å². The van der Waals surface area contributed by atoms with Gasteiger partial charge in [-0.15, -0.1) is 0 Å². The summed E-state index contributed by atoms with van der Waals surface area (Å²) in [7, 11) is 2.05. The molecule has 6 saturated heterocycles. The van der Waals surface area contributed by atoms with Crippen LogP contribution in [0.3, 0.4) is 0 Å². The van der Waals surface area contributed by atoms with Gasteiger partial charge in [-0.25, -0.2) is 38.6 Å². The zero-order chi connectivity index (χ0) is 60.9. The summed E-state index contributed by atoms with van der Waals surface area (Å²) in [6, 6.07) is 5.37. The smallest absolute Gasteiger partial charge is 0.471 e. The average molecular weight is 1160 g/mol. The molecule has 7 rings (SSSR count). The third kappa shape index (κ3) is 16.6. The molecule has 6 aliphatic rings. The lowest BCUT2D eigenvalue weighted by Gasteiger charge is -2.48. The van der Waals surface area contributed by atoms with Crippen LogP contribution in [-0.4, -0.2) is 221 Å². The molecular weight excluding hydrogens is 1080 g/mol. The fourth-order valence-corrected chi connectivity index (χ4v) is 11.8. The van der Waals surface area contributed by atoms with Crippen LogP contribution in [0.25, 0.3) is 0 Å². The number of esters is 1. The normalized spacial score (nSPS) is 22.1. The third-order valence-electron chi connectivity index (χ3n) is 16.4. The van der Waals surface area contributed by atoms with Gasteiger partial charge in [0.15, 0.2) is 12.1 Å². The van der Waals surface area contributed by atoms with Gasteiger partial charge in [0, 0.05) is 65.4 Å². The summed E-state index contributed by atoms with van der Waals surface area (Å²) in [6.45, 7) is 21.2. The predicted octanol–water partition coefficient (Wildman–Crippen LogP) is 6.30. The van der Waals surface area contributed by atoms with Crippen LogP contribution < -0.4 is 0 Å². The lowest BCUT2D eigenvalue weighted by Crippen LogP contribution is -2.70. The van der Waals surface area contributed by atoms with Crippen LogP contribution in [0.5, 0.6) is 0 Å². The molecule has 0 aromatic heterocycles. The van der Waals surface area contributed by atoms with E-state index in [9.17, 15) is 61.4 Å². The van der Waals surface area contributed by atoms with Crippen molar-refractivity contribution in [2.45, 2.75) is 131 Å². The van der Waals surface area contributed by atoms with Crippen LogP contribution in [-0.2, 0) is 49.6 Å². The Morgan fingerprint density at radius 2 is 0.927 bits per heavy atom. The van der Waals surface area contributed by atoms with Gasteiger partial charge >= 0.3 is 48.3 Å². The molecule has 22 nitrogen and oxygen atoms in total. The zero-order valence-corrected chi connectivity index (χ0v) is 48.9. The van der Waals surface area contributed by atoms with Crippen molar-refractivity contribution in [2.24, 2.45) is 47.3 Å². The number of piperazine rings is 2. The fraction of sp³-hybridized carbons (Fsp3) is 0.719. The number of carbonyl (C=O) groups is 10. The highest BCUT2D eigenvalue weighted by Gasteiger charge is 2.58. The van der Waals surface area contributed by atoms with E-state index in [1.54, 1.807) is 29.2 Å². The number of likely N-dealkylation sites (tertiary alicyclic amines) is 4. The van der Waals surface area contributed by atoms with Crippen molar-refractivity contribution < 1.29 is 80.4 Å². The van der Waals surface area contributed by atoms with Gasteiger partial charge in [-0.05, 0) is 99.7 Å². The molecule has 6 aliphatic heterocycles. The van der Waals surface area contributed by atoms with E-state index in [4.69, 9.17) is 19.0 Å². The molecule has 25 heteroatoms. The number of carbonyl (C=O) groups excluding carboxylic acids is 9. The van der Waals surface area contributed by atoms with Crippen molar-refractivity contribution in [1.29, 1.82) is 0 Å². The van der Waals surface area contributed by atoms with Gasteiger partial charge in [0.2, 0.25) is 11.8 Å². The SMILES string of the molecule is C=O.CC(C)C(OC(=O)N1CCN(C(=O)N2C(=O)[C@H](CC3CCN(C(=O)C(F)(F)F)CC3)[C@H]2C(=O)OCc2ccccc2)CC1)C(C)C.CC(C)C(OC(=O)N1CCN(C(=O)N2C(=O)[C@H](CC3CCN(C)CC3)[C@H]2C(=O)O)CC1)C(C)C. The second kappa shape index (κ2) is 29.6. The van der Waals surface area contributed by atoms with Crippen molar-refractivity contribution in [3.63, 3.8) is 0 Å². The molecular formula is C57H85F3N8O14. The van der Waals surface area contributed by atoms with Gasteiger partial charge in [0.05, 0.1) is 11.8 Å². The molecule has 458 valence electrons. The predicted molar refractivity (Wildman–Crippen MR) is 291 cm³/mol. The second-order valence-electron chi connectivity index (χ2n) is 23.6. The van der Waals surface area contributed by atoms with Gasteiger partial charge in [-0.3, -0.25) is 14.4 Å². The molecule has 0 aliphatic carbocycles. The first-order chi connectivity index (χ1) is 38.7. The number of urea groups is 2. The molecule has 4 atom stereocenters. The Morgan fingerprint density at radius 1 is 0.561 bits per heavy atom. The quantitative estimate of drug-likeness (QED) is 0.122. The summed E-state index contributed by atoms with van der Waals surface area (Å²) in [5, 5.41) is 9.76. The molecule has 9 amide bonds. The number of carboxylic acid groups (broad SMARTS) is 1. The van der Waals surface area contributed by atoms with Gasteiger partial charge in [-0.2, -0.15) is 13.2 Å². The first kappa shape index (κ1) is 66.3. The Balaban J connectivity index is 0.000000304. The number of nitrogens with zero attached hydrogens (tertiary/aromatic N) is 8. The Kier molecular flexibility index (Phi) is 23.9. The summed E-state index contributed by atoms with van der Waals surface area (Å²) in [5.41, 5.74) is 0.720. The van der Waals surface area contributed by atoms with Crippen LogP contribution >= 0.6 is 0 Å². The van der Waals surface area contributed by atoms with Crippen molar-refractivity contribution in [3.8, 4) is 0 Å². The first-order valence-electron chi connectivity index (χ1n) is 28.6. The van der Waals surface area contributed by atoms with Gasteiger partial charge in [-0.1, -0.05) is 85.7 Å². The van der Waals surface area contributed by atoms with E-state index in [0.717, 1.165) is 46.2 Å². The van der Waals surface area contributed by atoms with Crippen molar-refractivity contribution in [2.75, 3.05) is 85.6 Å². The molecule has 82 heavy (non-hydrogen) atoms. The Bertz CT molecular complexity index is 2350. The van der Waals surface area contributed by atoms with Gasteiger partial charge in [0.1, 0.15) is 25.6 Å². The lowest BCUT2D eigenvalue weighted by molar-refractivity contribution is -0.187. The number of halogens is 3. The van der Waals surface area contributed by atoms with E-state index in [-0.39, 0.29) is 133 Å². The van der Waals surface area contributed by atoms with Crippen molar-refractivity contribution in [3.05, 3.63) is 35.9 Å². The van der Waals surface area contributed by atoms with E-state index in [1.165, 1.54) is 14.7 Å². The number of rotatable bonds is 14. The molecule has 0 saturated carbocycles. The summed E-state index contributed by atoms with van der Waals surface area (Å²) < 4.78 is 55.6. The number of ether oxygens (including phenoxy) is 3. The minimum Gasteiger partial charge on any atom is -0.480 e. The van der Waals surface area contributed by atoms with Crippen LogP contribution in [0.15, 0.2) is 30.3 Å². The van der Waals surface area contributed by atoms with Gasteiger partial charge < -0.3 is 53.5 Å². The number of alkyl halides is 3. The summed E-state index contributed by atoms with van der Waals surface area (Å²) in [4.78, 5) is 134. The van der Waals surface area contributed by atoms with Crippen LogP contribution in [0, 0.1) is 47.3 Å². The third-order valence-corrected chi connectivity index (χ3v) is 16.4. The molecule has 1 aromatic carbocycles. The number of benzene rings is 1. The molecule has 0 unspecified atom stereocenters. The van der Waals surface area contributed by atoms with Crippen molar-refractivity contribution in [1.82, 2.24) is 39.2 Å². The number of amides is 9. The van der Waals surface area contributed by atoms with E-state index in [1.807, 2.05) is 68.2 Å². The summed E-state index contributed by atoms with van der Waals surface area (Å²) in [5.74, 6) is -5.52. The number of carboxylic acids is 1. The molecule has 1 N–H and O–H groups in total. The van der Waals surface area contributed by atoms with E-state index in [0.29, 0.717) is 12.3 Å². The number of imide groups is 2. The average Bonchev–Trinajstić information content (AvgIpc) is 3.07. The monoisotopic (exact) mass is 1160 g/mol. The number of aliphatic carboxylic acids is 1. The zero-order valence-electron chi connectivity index (χ0n) is 48.9. The highest BCUT2D eigenvalue weighted by atomic mass is 19.4. The standard InChI is InChI=1S/C32H43F3N4O7.C24H40N4O6.CH2O/c1-20(2)26(21(3)4)46-31(44)38-16-14-37(15-17-38)30(43)39-25(28(41)45-19-23-8-6-5-7-9-23)24(27(39)40)18-22-10-12-36(13-11-22)29(42)32(33,34)35;1-15(2)20(16(3)4)34-24(33)27-12-10-26(11-13-27)23(32)28-19(22(30)31)18(21(28)29)14-17-6-8-25(5)9-7-17;1-2/h5-9,20-22,24-26H,10-19H2,1-4H3;15-20H,6-14H2,1-5H3,(H,30,31);1H2/t24-,25+;18-,19+;/m11./s1. The molecule has 0 bridgehead atoms. The van der Waals surface area contributed by atoms with E-state index >= 15 is 0 Å². The minimum atomic E-state index is -4.96. The second-order valence-corrected chi connectivity index (χ2v) is 23.6. The molecule has 0 radical (unpaired) electrons. The number of β-lactam (4-membered cyclic amide) rings is 2. The topological polar surface area (TPSA) is 245 Å². The molecule has 6 heterocycles. The Hall–Kier alpha value is -6.53. The van der Waals surface area contributed by atoms with Crippen LogP contribution in [0.4, 0.5) is 32.3 Å². The van der Waals surface area contributed by atoms with Crippen LogP contribution in [0.2, 0.25) is 0 Å². The van der Waals surface area contributed by atoms with Crippen LogP contribution in [0.1, 0.15) is 99.5 Å². The first-order valence-corrected chi connectivity index (χ1v) is 28.6. The van der Waals surface area contributed by atoms with E-state index < -0.39 is 84.0 Å². The lowest BCUT2D eigenvalue weighted by atomic mass is 9.77. The summed E-state index contributed by atoms with van der Waals surface area (Å²) >= 11 is 0. The fourth-order valence-electron chi connectivity index (χ4n) is 11.8. The highest BCUT2D eigenvalue weighted by Crippen LogP contribution is 2.39. The highest BCUT2D eigenvalue weighted by molar-refractivity contribution is 6.08. The maximum atomic E-state index is 13.6. The number of hydrogen-bond acceptors (Lipinski definition) is 14. The molecule has 0 spiro atoms. The molecule has 6 fully saturated rings. The largest absolute Gasteiger partial charge is 0.480 e. The number of hydrogen-bond donors (Lipinski definition) is 1.